The Morgan fingerprint density at radius 2 is 2.13 bits per heavy atom. The number of aromatic nitrogens is 2. The van der Waals surface area contributed by atoms with Crippen molar-refractivity contribution in [1.82, 2.24) is 15.3 Å². The van der Waals surface area contributed by atoms with E-state index in [1.165, 1.54) is 5.56 Å². The molecule has 3 heterocycles. The van der Waals surface area contributed by atoms with Crippen molar-refractivity contribution in [3.8, 4) is 0 Å². The summed E-state index contributed by atoms with van der Waals surface area (Å²) < 4.78 is 0. The molecule has 23 heavy (non-hydrogen) atoms. The minimum Gasteiger partial charge on any atom is -0.396 e. The van der Waals surface area contributed by atoms with Gasteiger partial charge in [-0.1, -0.05) is 13.3 Å². The first-order chi connectivity index (χ1) is 11.2. The molecule has 1 saturated heterocycles. The second-order valence-electron chi connectivity index (χ2n) is 7.01. The Kier molecular flexibility index (Phi) is 5.02. The summed E-state index contributed by atoms with van der Waals surface area (Å²) in [5, 5.41) is 13.4. The number of nitrogens with one attached hydrogen (secondary N) is 1. The predicted molar refractivity (Wildman–Crippen MR) is 92.6 cm³/mol. The van der Waals surface area contributed by atoms with E-state index in [0.29, 0.717) is 5.95 Å². The quantitative estimate of drug-likeness (QED) is 0.771. The van der Waals surface area contributed by atoms with E-state index in [0.717, 1.165) is 76.2 Å². The molecule has 0 aliphatic carbocycles. The summed E-state index contributed by atoms with van der Waals surface area (Å²) in [6, 6.07) is 0. The molecular weight excluding hydrogens is 290 g/mol. The van der Waals surface area contributed by atoms with E-state index < -0.39 is 0 Å². The lowest BCUT2D eigenvalue weighted by molar-refractivity contribution is 0.0951. The van der Waals surface area contributed by atoms with E-state index in [4.69, 9.17) is 5.73 Å². The van der Waals surface area contributed by atoms with Crippen LogP contribution >= 0.6 is 0 Å². The summed E-state index contributed by atoms with van der Waals surface area (Å²) in [6.45, 7) is 6.20. The number of rotatable bonds is 4. The molecule has 1 atom stereocenters. The maximum absolute atomic E-state index is 9.98. The molecule has 0 radical (unpaired) electrons. The van der Waals surface area contributed by atoms with Gasteiger partial charge in [0.15, 0.2) is 0 Å². The van der Waals surface area contributed by atoms with E-state index in [1.54, 1.807) is 0 Å². The van der Waals surface area contributed by atoms with E-state index in [2.05, 4.69) is 27.1 Å². The normalized spacial score (nSPS) is 25.0. The predicted octanol–water partition coefficient (Wildman–Crippen LogP) is 1.13. The summed E-state index contributed by atoms with van der Waals surface area (Å²) in [7, 11) is 0. The molecule has 1 aromatic heterocycles. The van der Waals surface area contributed by atoms with Gasteiger partial charge in [0.2, 0.25) is 5.95 Å². The molecule has 1 unspecified atom stereocenters. The highest BCUT2D eigenvalue weighted by atomic mass is 16.3. The monoisotopic (exact) mass is 319 g/mol. The Labute approximate surface area is 138 Å². The molecule has 1 fully saturated rings. The minimum atomic E-state index is 0.00255. The van der Waals surface area contributed by atoms with Crippen LogP contribution in [0.5, 0.6) is 0 Å². The lowest BCUT2D eigenvalue weighted by atomic mass is 9.77. The average molecular weight is 319 g/mol. The Balaban J connectivity index is 1.93. The van der Waals surface area contributed by atoms with Crippen molar-refractivity contribution in [1.29, 1.82) is 0 Å². The number of anilines is 2. The summed E-state index contributed by atoms with van der Waals surface area (Å²) in [5.74, 6) is 1.38. The molecule has 3 rings (SSSR count). The molecule has 0 aromatic carbocycles. The lowest BCUT2D eigenvalue weighted by Crippen LogP contribution is -2.46. The van der Waals surface area contributed by atoms with Gasteiger partial charge in [-0.05, 0) is 32.2 Å². The number of nitrogens with zero attached hydrogens (tertiary/aromatic N) is 3. The summed E-state index contributed by atoms with van der Waals surface area (Å²) in [6.07, 6.45) is 6.20. The standard InChI is InChI=1S/C17H29N5O/c1-2-6-17(12-23)7-3-10-22(11-17)15-13-4-8-19-9-5-14(13)20-16(18)21-15/h19,23H,2-12H2,1H3,(H2,18,20,21). The average Bonchev–Trinajstić information content (AvgIpc) is 2.80. The molecule has 2 aliphatic rings. The van der Waals surface area contributed by atoms with E-state index in [9.17, 15) is 5.11 Å². The van der Waals surface area contributed by atoms with Gasteiger partial charge in [0.1, 0.15) is 5.82 Å². The molecule has 4 N–H and O–H groups in total. The number of nitrogen functional groups attached to an aromatic ring is 1. The molecule has 0 spiro atoms. The number of fused-ring (bicyclic) bond motifs is 1. The Bertz CT molecular complexity index is 546. The zero-order valence-corrected chi connectivity index (χ0v) is 14.1. The third kappa shape index (κ3) is 3.43. The number of piperidine rings is 1. The smallest absolute Gasteiger partial charge is 0.222 e. The maximum Gasteiger partial charge on any atom is 0.222 e. The molecule has 0 amide bonds. The first-order valence-electron chi connectivity index (χ1n) is 8.89. The largest absolute Gasteiger partial charge is 0.396 e. The van der Waals surface area contributed by atoms with Crippen molar-refractivity contribution in [2.45, 2.75) is 45.4 Å². The molecule has 6 heteroatoms. The van der Waals surface area contributed by atoms with Crippen LogP contribution < -0.4 is 16.0 Å². The van der Waals surface area contributed by atoms with Crippen LogP contribution in [0.15, 0.2) is 0 Å². The number of nitrogens with two attached hydrogens (primary N) is 1. The van der Waals surface area contributed by atoms with E-state index in [1.807, 2.05) is 0 Å². The number of hydrogen-bond acceptors (Lipinski definition) is 6. The summed E-state index contributed by atoms with van der Waals surface area (Å²) in [4.78, 5) is 11.4. The van der Waals surface area contributed by atoms with Gasteiger partial charge in [0.05, 0.1) is 12.3 Å². The zero-order valence-electron chi connectivity index (χ0n) is 14.1. The van der Waals surface area contributed by atoms with Crippen molar-refractivity contribution in [2.75, 3.05) is 43.4 Å². The van der Waals surface area contributed by atoms with Gasteiger partial charge in [-0.25, -0.2) is 4.98 Å². The van der Waals surface area contributed by atoms with Gasteiger partial charge in [-0.2, -0.15) is 4.98 Å². The molecule has 1 aromatic rings. The fourth-order valence-corrected chi connectivity index (χ4v) is 4.14. The van der Waals surface area contributed by atoms with Gasteiger partial charge in [0.25, 0.3) is 0 Å². The van der Waals surface area contributed by atoms with Crippen molar-refractivity contribution in [2.24, 2.45) is 5.41 Å². The molecule has 2 aliphatic heterocycles. The highest BCUT2D eigenvalue weighted by Gasteiger charge is 2.35. The fraction of sp³-hybridized carbons (Fsp3) is 0.765. The number of aliphatic hydroxyl groups excluding tert-OH is 1. The first kappa shape index (κ1) is 16.5. The van der Waals surface area contributed by atoms with Crippen LogP contribution in [0.25, 0.3) is 0 Å². The van der Waals surface area contributed by atoms with Crippen LogP contribution in [-0.4, -0.2) is 47.9 Å². The van der Waals surface area contributed by atoms with Crippen molar-refractivity contribution < 1.29 is 5.11 Å². The topological polar surface area (TPSA) is 87.3 Å². The van der Waals surface area contributed by atoms with E-state index >= 15 is 0 Å². The maximum atomic E-state index is 9.98. The van der Waals surface area contributed by atoms with Crippen LogP contribution in [0.4, 0.5) is 11.8 Å². The number of hydrogen-bond donors (Lipinski definition) is 3. The SMILES string of the molecule is CCCC1(CO)CCCN(c2nc(N)nc3c2CCNCC3)C1. The van der Waals surface area contributed by atoms with Gasteiger partial charge in [-0.3, -0.25) is 0 Å². The number of aliphatic hydroxyl groups is 1. The Morgan fingerprint density at radius 3 is 2.91 bits per heavy atom. The van der Waals surface area contributed by atoms with Crippen LogP contribution in [-0.2, 0) is 12.8 Å². The lowest BCUT2D eigenvalue weighted by Gasteiger charge is -2.43. The molecule has 6 nitrogen and oxygen atoms in total. The molecule has 128 valence electrons. The van der Waals surface area contributed by atoms with Crippen LogP contribution in [0.3, 0.4) is 0 Å². The highest BCUT2D eigenvalue weighted by Crippen LogP contribution is 2.37. The van der Waals surface area contributed by atoms with Gasteiger partial charge >= 0.3 is 0 Å². The highest BCUT2D eigenvalue weighted by molar-refractivity contribution is 5.53. The molecular formula is C17H29N5O. The molecule has 0 bridgehead atoms. The Morgan fingerprint density at radius 1 is 1.30 bits per heavy atom. The van der Waals surface area contributed by atoms with Crippen LogP contribution in [0.2, 0.25) is 0 Å². The second kappa shape index (κ2) is 7.01. The van der Waals surface area contributed by atoms with Gasteiger partial charge in [0, 0.05) is 37.0 Å². The zero-order chi connectivity index (χ0) is 16.3. The van der Waals surface area contributed by atoms with Crippen molar-refractivity contribution in [3.63, 3.8) is 0 Å². The second-order valence-corrected chi connectivity index (χ2v) is 7.01. The molecule has 0 saturated carbocycles. The minimum absolute atomic E-state index is 0.00255. The Hall–Kier alpha value is -1.40. The van der Waals surface area contributed by atoms with Gasteiger partial charge in [-0.15, -0.1) is 0 Å². The third-order valence-electron chi connectivity index (χ3n) is 5.26. The van der Waals surface area contributed by atoms with Crippen molar-refractivity contribution in [3.05, 3.63) is 11.3 Å². The van der Waals surface area contributed by atoms with E-state index in [-0.39, 0.29) is 12.0 Å². The summed E-state index contributed by atoms with van der Waals surface area (Å²) in [5.41, 5.74) is 8.32. The summed E-state index contributed by atoms with van der Waals surface area (Å²) >= 11 is 0. The third-order valence-corrected chi connectivity index (χ3v) is 5.26. The van der Waals surface area contributed by atoms with Crippen LogP contribution in [0.1, 0.15) is 43.9 Å². The van der Waals surface area contributed by atoms with Gasteiger partial charge < -0.3 is 21.1 Å². The first-order valence-corrected chi connectivity index (χ1v) is 8.89. The van der Waals surface area contributed by atoms with Crippen molar-refractivity contribution >= 4 is 11.8 Å². The van der Waals surface area contributed by atoms with Crippen LogP contribution in [0, 0.1) is 5.41 Å². The fourth-order valence-electron chi connectivity index (χ4n) is 4.14.